The number of nitrogens with zero attached hydrogens (tertiary/aromatic N) is 3. The molecule has 0 bridgehead atoms. The summed E-state index contributed by atoms with van der Waals surface area (Å²) in [6, 6.07) is 1.73. The lowest BCUT2D eigenvalue weighted by Crippen LogP contribution is -2.28. The Labute approximate surface area is 92.5 Å². The molecule has 1 aliphatic rings. The van der Waals surface area contributed by atoms with Gasteiger partial charge in [-0.1, -0.05) is 0 Å². The third-order valence-electron chi connectivity index (χ3n) is 2.74. The van der Waals surface area contributed by atoms with Crippen molar-refractivity contribution < 1.29 is 14.7 Å². The van der Waals surface area contributed by atoms with Gasteiger partial charge in [-0.05, 0) is 6.92 Å². The number of rotatable bonds is 3. The van der Waals surface area contributed by atoms with Gasteiger partial charge in [-0.3, -0.25) is 14.5 Å². The van der Waals surface area contributed by atoms with Crippen molar-refractivity contribution in [2.45, 2.75) is 19.9 Å². The van der Waals surface area contributed by atoms with E-state index in [-0.39, 0.29) is 18.9 Å². The fourth-order valence-electron chi connectivity index (χ4n) is 1.89. The smallest absolute Gasteiger partial charge is 0.308 e. The average Bonchev–Trinajstić information content (AvgIpc) is 2.82. The van der Waals surface area contributed by atoms with E-state index in [0.717, 1.165) is 0 Å². The van der Waals surface area contributed by atoms with Crippen LogP contribution in [0.1, 0.15) is 13.3 Å². The highest BCUT2D eigenvalue weighted by molar-refractivity contribution is 5.98. The summed E-state index contributed by atoms with van der Waals surface area (Å²) >= 11 is 0. The molecule has 6 nitrogen and oxygen atoms in total. The van der Waals surface area contributed by atoms with Gasteiger partial charge >= 0.3 is 5.97 Å². The van der Waals surface area contributed by atoms with Crippen molar-refractivity contribution in [3.05, 3.63) is 12.3 Å². The van der Waals surface area contributed by atoms with Crippen LogP contribution >= 0.6 is 0 Å². The maximum absolute atomic E-state index is 11.7. The molecular formula is C10H13N3O3. The van der Waals surface area contributed by atoms with Crippen molar-refractivity contribution in [2.75, 3.05) is 11.4 Å². The zero-order valence-corrected chi connectivity index (χ0v) is 8.96. The van der Waals surface area contributed by atoms with E-state index in [0.29, 0.717) is 12.4 Å². The van der Waals surface area contributed by atoms with Crippen molar-refractivity contribution in [3.63, 3.8) is 0 Å². The summed E-state index contributed by atoms with van der Waals surface area (Å²) in [6.45, 7) is 2.81. The lowest BCUT2D eigenvalue weighted by molar-refractivity contribution is -0.141. The third-order valence-corrected chi connectivity index (χ3v) is 2.74. The third kappa shape index (κ3) is 1.66. The number of anilines is 1. The minimum absolute atomic E-state index is 0.0736. The molecule has 16 heavy (non-hydrogen) atoms. The number of hydrogen-bond acceptors (Lipinski definition) is 3. The molecule has 1 aromatic heterocycles. The van der Waals surface area contributed by atoms with E-state index in [1.165, 1.54) is 4.90 Å². The molecule has 1 unspecified atom stereocenters. The topological polar surface area (TPSA) is 75.4 Å². The Bertz CT molecular complexity index is 427. The summed E-state index contributed by atoms with van der Waals surface area (Å²) in [5, 5.41) is 12.9. The zero-order valence-electron chi connectivity index (χ0n) is 8.96. The van der Waals surface area contributed by atoms with Crippen LogP contribution in [0.15, 0.2) is 12.3 Å². The molecule has 1 aliphatic heterocycles. The van der Waals surface area contributed by atoms with E-state index < -0.39 is 11.9 Å². The van der Waals surface area contributed by atoms with Gasteiger partial charge in [0.25, 0.3) is 0 Å². The van der Waals surface area contributed by atoms with Gasteiger partial charge in [0.1, 0.15) is 5.82 Å². The van der Waals surface area contributed by atoms with E-state index in [4.69, 9.17) is 5.11 Å². The van der Waals surface area contributed by atoms with E-state index in [9.17, 15) is 9.59 Å². The molecule has 0 saturated carbocycles. The Morgan fingerprint density at radius 1 is 1.69 bits per heavy atom. The van der Waals surface area contributed by atoms with Crippen LogP contribution in [0.5, 0.6) is 0 Å². The molecule has 1 atom stereocenters. The number of aromatic nitrogens is 2. The predicted octanol–water partition coefficient (Wildman–Crippen LogP) is 0.340. The molecule has 1 fully saturated rings. The maximum atomic E-state index is 11.7. The van der Waals surface area contributed by atoms with Crippen molar-refractivity contribution in [1.82, 2.24) is 9.78 Å². The predicted molar refractivity (Wildman–Crippen MR) is 56.0 cm³/mol. The first-order valence-corrected chi connectivity index (χ1v) is 5.18. The fourth-order valence-corrected chi connectivity index (χ4v) is 1.89. The molecule has 6 heteroatoms. The molecule has 0 radical (unpaired) electrons. The van der Waals surface area contributed by atoms with Crippen LogP contribution in [-0.2, 0) is 16.1 Å². The number of carboxylic acids is 1. The number of aryl methyl sites for hydroxylation is 1. The van der Waals surface area contributed by atoms with Crippen molar-refractivity contribution in [3.8, 4) is 0 Å². The molecule has 2 heterocycles. The Morgan fingerprint density at radius 3 is 3.00 bits per heavy atom. The Morgan fingerprint density at radius 2 is 2.44 bits per heavy atom. The van der Waals surface area contributed by atoms with Gasteiger partial charge in [-0.2, -0.15) is 5.10 Å². The molecule has 86 valence electrons. The first-order valence-electron chi connectivity index (χ1n) is 5.18. The van der Waals surface area contributed by atoms with Crippen molar-refractivity contribution >= 4 is 17.7 Å². The van der Waals surface area contributed by atoms with Crippen LogP contribution in [-0.4, -0.2) is 33.3 Å². The Kier molecular flexibility index (Phi) is 2.64. The van der Waals surface area contributed by atoms with Crippen molar-refractivity contribution in [2.24, 2.45) is 5.92 Å². The number of carbonyl (C=O) groups is 2. The first-order chi connectivity index (χ1) is 7.63. The van der Waals surface area contributed by atoms with Gasteiger partial charge in [0.05, 0.1) is 12.1 Å². The highest BCUT2D eigenvalue weighted by Gasteiger charge is 2.36. The van der Waals surface area contributed by atoms with Gasteiger partial charge in [0.15, 0.2) is 0 Å². The lowest BCUT2D eigenvalue weighted by Gasteiger charge is -2.16. The molecule has 0 spiro atoms. The van der Waals surface area contributed by atoms with Crippen LogP contribution in [0.2, 0.25) is 0 Å². The van der Waals surface area contributed by atoms with Gasteiger partial charge in [-0.15, -0.1) is 0 Å². The largest absolute Gasteiger partial charge is 0.481 e. The number of aliphatic carboxylic acids is 1. The summed E-state index contributed by atoms with van der Waals surface area (Å²) < 4.78 is 1.68. The monoisotopic (exact) mass is 223 g/mol. The second kappa shape index (κ2) is 3.96. The van der Waals surface area contributed by atoms with Gasteiger partial charge < -0.3 is 5.11 Å². The normalized spacial score (nSPS) is 20.4. The second-order valence-electron chi connectivity index (χ2n) is 3.75. The van der Waals surface area contributed by atoms with E-state index in [1.807, 2.05) is 6.92 Å². The SMILES string of the molecule is CCn1nccc1N1CC(C(=O)O)CC1=O. The fraction of sp³-hybridized carbons (Fsp3) is 0.500. The minimum Gasteiger partial charge on any atom is -0.481 e. The number of amides is 1. The van der Waals surface area contributed by atoms with Crippen molar-refractivity contribution in [1.29, 1.82) is 0 Å². The second-order valence-corrected chi connectivity index (χ2v) is 3.75. The van der Waals surface area contributed by atoms with Gasteiger partial charge in [0.2, 0.25) is 5.91 Å². The summed E-state index contributed by atoms with van der Waals surface area (Å²) in [5.41, 5.74) is 0. The Balaban J connectivity index is 2.23. The molecule has 1 amide bonds. The molecular weight excluding hydrogens is 210 g/mol. The van der Waals surface area contributed by atoms with Crippen LogP contribution in [0, 0.1) is 5.92 Å². The van der Waals surface area contributed by atoms with Crippen LogP contribution in [0.4, 0.5) is 5.82 Å². The Hall–Kier alpha value is -1.85. The molecule has 1 aromatic rings. The zero-order chi connectivity index (χ0) is 11.7. The summed E-state index contributed by atoms with van der Waals surface area (Å²) in [5.74, 6) is -0.995. The minimum atomic E-state index is -0.918. The molecule has 1 N–H and O–H groups in total. The summed E-state index contributed by atoms with van der Waals surface area (Å²) in [7, 11) is 0. The summed E-state index contributed by atoms with van der Waals surface area (Å²) in [6.07, 6.45) is 1.68. The van der Waals surface area contributed by atoms with Gasteiger partial charge in [-0.25, -0.2) is 4.68 Å². The quantitative estimate of drug-likeness (QED) is 0.801. The summed E-state index contributed by atoms with van der Waals surface area (Å²) in [4.78, 5) is 24.0. The number of carboxylic acid groups (broad SMARTS) is 1. The number of carbonyl (C=O) groups excluding carboxylic acids is 1. The van der Waals surface area contributed by atoms with Crippen LogP contribution in [0.3, 0.4) is 0 Å². The highest BCUT2D eigenvalue weighted by atomic mass is 16.4. The molecule has 1 saturated heterocycles. The number of hydrogen-bond donors (Lipinski definition) is 1. The molecule has 0 aliphatic carbocycles. The average molecular weight is 223 g/mol. The van der Waals surface area contributed by atoms with Crippen LogP contribution < -0.4 is 4.90 Å². The highest BCUT2D eigenvalue weighted by Crippen LogP contribution is 2.24. The maximum Gasteiger partial charge on any atom is 0.308 e. The van der Waals surface area contributed by atoms with E-state index in [2.05, 4.69) is 5.10 Å². The lowest BCUT2D eigenvalue weighted by atomic mass is 10.1. The molecule has 2 rings (SSSR count). The van der Waals surface area contributed by atoms with E-state index >= 15 is 0 Å². The molecule has 0 aromatic carbocycles. The van der Waals surface area contributed by atoms with Gasteiger partial charge in [0, 0.05) is 25.6 Å². The van der Waals surface area contributed by atoms with Crippen LogP contribution in [0.25, 0.3) is 0 Å². The first kappa shape index (κ1) is 10.7. The van der Waals surface area contributed by atoms with E-state index in [1.54, 1.807) is 16.9 Å². The standard InChI is InChI=1S/C10H13N3O3/c1-2-13-8(3-4-11-13)12-6-7(10(15)16)5-9(12)14/h3-4,7H,2,5-6H2,1H3,(H,15,16).